The second kappa shape index (κ2) is 5.13. The molecule has 0 radical (unpaired) electrons. The number of benzene rings is 1. The van der Waals surface area contributed by atoms with Crippen LogP contribution in [0, 0.1) is 0 Å². The summed E-state index contributed by atoms with van der Waals surface area (Å²) in [7, 11) is 0. The maximum atomic E-state index is 11.1. The summed E-state index contributed by atoms with van der Waals surface area (Å²) < 4.78 is 1.75. The van der Waals surface area contributed by atoms with Crippen molar-refractivity contribution in [2.45, 2.75) is 13.0 Å². The second-order valence-corrected chi connectivity index (χ2v) is 4.53. The van der Waals surface area contributed by atoms with Crippen LogP contribution in [0.1, 0.15) is 11.4 Å². The fourth-order valence-electron chi connectivity index (χ4n) is 2.26. The first-order chi connectivity index (χ1) is 9.74. The van der Waals surface area contributed by atoms with E-state index >= 15 is 0 Å². The van der Waals surface area contributed by atoms with Crippen LogP contribution in [-0.2, 0) is 17.8 Å². The lowest BCUT2D eigenvalue weighted by molar-refractivity contribution is -0.137. The molecular formula is C15H13N3O2. The lowest BCUT2D eigenvalue weighted by Gasteiger charge is -2.06. The minimum atomic E-state index is -0.871. The monoisotopic (exact) mass is 267 g/mol. The molecule has 0 fully saturated rings. The van der Waals surface area contributed by atoms with E-state index in [9.17, 15) is 4.79 Å². The van der Waals surface area contributed by atoms with Gasteiger partial charge in [-0.05, 0) is 29.8 Å². The number of aromatic nitrogens is 3. The summed E-state index contributed by atoms with van der Waals surface area (Å²) in [6.07, 6.45) is 4.03. The van der Waals surface area contributed by atoms with E-state index in [0.717, 1.165) is 22.4 Å². The largest absolute Gasteiger partial charge is 0.480 e. The van der Waals surface area contributed by atoms with Crippen LogP contribution in [0.5, 0.6) is 0 Å². The Morgan fingerprint density at radius 3 is 2.65 bits per heavy atom. The van der Waals surface area contributed by atoms with Gasteiger partial charge in [0.05, 0.1) is 11.0 Å². The molecule has 0 amide bonds. The molecule has 2 heterocycles. The molecule has 0 spiro atoms. The first-order valence-corrected chi connectivity index (χ1v) is 6.29. The molecule has 5 nitrogen and oxygen atoms in total. The molecule has 0 unspecified atom stereocenters. The van der Waals surface area contributed by atoms with Crippen LogP contribution in [0.15, 0.2) is 48.8 Å². The molecule has 0 atom stereocenters. The number of aliphatic carboxylic acids is 1. The van der Waals surface area contributed by atoms with Gasteiger partial charge in [-0.1, -0.05) is 12.1 Å². The molecule has 0 saturated carbocycles. The second-order valence-electron chi connectivity index (χ2n) is 4.53. The zero-order valence-corrected chi connectivity index (χ0v) is 10.7. The SMILES string of the molecule is O=C(O)Cn1c(Cc2ccncc2)nc2ccccc21. The highest BCUT2D eigenvalue weighted by molar-refractivity contribution is 5.78. The molecule has 20 heavy (non-hydrogen) atoms. The number of hydrogen-bond donors (Lipinski definition) is 1. The van der Waals surface area contributed by atoms with Gasteiger partial charge in [-0.15, -0.1) is 0 Å². The van der Waals surface area contributed by atoms with Gasteiger partial charge in [-0.25, -0.2) is 4.98 Å². The Morgan fingerprint density at radius 2 is 1.90 bits per heavy atom. The third kappa shape index (κ3) is 2.38. The average molecular weight is 267 g/mol. The Kier molecular flexibility index (Phi) is 3.16. The zero-order valence-electron chi connectivity index (χ0n) is 10.7. The molecule has 0 bridgehead atoms. The quantitative estimate of drug-likeness (QED) is 0.786. The summed E-state index contributed by atoms with van der Waals surface area (Å²) in [6.45, 7) is -0.0824. The van der Waals surface area contributed by atoms with E-state index in [2.05, 4.69) is 9.97 Å². The number of nitrogens with zero attached hydrogens (tertiary/aromatic N) is 3. The van der Waals surface area contributed by atoms with Crippen molar-refractivity contribution in [2.75, 3.05) is 0 Å². The van der Waals surface area contributed by atoms with Crippen molar-refractivity contribution in [3.05, 3.63) is 60.2 Å². The number of fused-ring (bicyclic) bond motifs is 1. The number of imidazole rings is 1. The highest BCUT2D eigenvalue weighted by Crippen LogP contribution is 2.18. The predicted octanol–water partition coefficient (Wildman–Crippen LogP) is 2.11. The van der Waals surface area contributed by atoms with Crippen LogP contribution in [0.3, 0.4) is 0 Å². The summed E-state index contributed by atoms with van der Waals surface area (Å²) in [4.78, 5) is 19.6. The van der Waals surface area contributed by atoms with Gasteiger partial charge in [-0.2, -0.15) is 0 Å². The van der Waals surface area contributed by atoms with Gasteiger partial charge in [-0.3, -0.25) is 9.78 Å². The van der Waals surface area contributed by atoms with Crippen LogP contribution < -0.4 is 0 Å². The zero-order chi connectivity index (χ0) is 13.9. The molecule has 0 aliphatic heterocycles. The molecule has 2 aromatic heterocycles. The molecule has 0 aliphatic carbocycles. The Hall–Kier alpha value is -2.69. The van der Waals surface area contributed by atoms with E-state index in [1.54, 1.807) is 17.0 Å². The molecular weight excluding hydrogens is 254 g/mol. The Morgan fingerprint density at radius 1 is 1.15 bits per heavy atom. The van der Waals surface area contributed by atoms with Gasteiger partial charge < -0.3 is 9.67 Å². The molecule has 100 valence electrons. The van der Waals surface area contributed by atoms with Crippen LogP contribution in [-0.4, -0.2) is 25.6 Å². The summed E-state index contributed by atoms with van der Waals surface area (Å²) in [5, 5.41) is 9.08. The number of rotatable bonds is 4. The van der Waals surface area contributed by atoms with Gasteiger partial charge in [0.1, 0.15) is 12.4 Å². The highest BCUT2D eigenvalue weighted by Gasteiger charge is 2.13. The third-order valence-electron chi connectivity index (χ3n) is 3.14. The molecule has 0 aliphatic rings. The predicted molar refractivity (Wildman–Crippen MR) is 74.4 cm³/mol. The van der Waals surface area contributed by atoms with Crippen LogP contribution in [0.2, 0.25) is 0 Å². The third-order valence-corrected chi connectivity index (χ3v) is 3.14. The number of carbonyl (C=O) groups is 1. The van der Waals surface area contributed by atoms with E-state index in [0.29, 0.717) is 6.42 Å². The van der Waals surface area contributed by atoms with E-state index in [-0.39, 0.29) is 6.54 Å². The Bertz CT molecular complexity index is 750. The van der Waals surface area contributed by atoms with Crippen molar-refractivity contribution in [1.82, 2.24) is 14.5 Å². The van der Waals surface area contributed by atoms with E-state index in [1.807, 2.05) is 36.4 Å². The van der Waals surface area contributed by atoms with Crippen molar-refractivity contribution < 1.29 is 9.90 Å². The summed E-state index contributed by atoms with van der Waals surface area (Å²) in [5.74, 6) is -0.121. The number of hydrogen-bond acceptors (Lipinski definition) is 3. The van der Waals surface area contributed by atoms with Crippen molar-refractivity contribution in [2.24, 2.45) is 0 Å². The molecule has 0 saturated heterocycles. The van der Waals surface area contributed by atoms with Crippen molar-refractivity contribution in [1.29, 1.82) is 0 Å². The van der Waals surface area contributed by atoms with Crippen molar-refractivity contribution in [3.8, 4) is 0 Å². The fourth-order valence-corrected chi connectivity index (χ4v) is 2.26. The molecule has 1 aromatic carbocycles. The number of carboxylic acids is 1. The number of pyridine rings is 1. The minimum Gasteiger partial charge on any atom is -0.480 e. The highest BCUT2D eigenvalue weighted by atomic mass is 16.4. The van der Waals surface area contributed by atoms with Crippen molar-refractivity contribution in [3.63, 3.8) is 0 Å². The Balaban J connectivity index is 2.07. The van der Waals surface area contributed by atoms with E-state index in [4.69, 9.17) is 5.11 Å². The Labute approximate surface area is 115 Å². The number of carboxylic acid groups (broad SMARTS) is 1. The minimum absolute atomic E-state index is 0.0824. The summed E-state index contributed by atoms with van der Waals surface area (Å²) in [5.41, 5.74) is 2.72. The summed E-state index contributed by atoms with van der Waals surface area (Å²) >= 11 is 0. The smallest absolute Gasteiger partial charge is 0.323 e. The maximum Gasteiger partial charge on any atom is 0.323 e. The van der Waals surface area contributed by atoms with Crippen LogP contribution >= 0.6 is 0 Å². The molecule has 5 heteroatoms. The van der Waals surface area contributed by atoms with Crippen molar-refractivity contribution >= 4 is 17.0 Å². The van der Waals surface area contributed by atoms with E-state index < -0.39 is 5.97 Å². The first kappa shape index (κ1) is 12.3. The molecule has 3 aromatic rings. The summed E-state index contributed by atoms with van der Waals surface area (Å²) in [6, 6.07) is 11.4. The van der Waals surface area contributed by atoms with Gasteiger partial charge >= 0.3 is 5.97 Å². The normalized spacial score (nSPS) is 10.8. The maximum absolute atomic E-state index is 11.1. The number of para-hydroxylation sites is 2. The average Bonchev–Trinajstić information content (AvgIpc) is 2.78. The van der Waals surface area contributed by atoms with Gasteiger partial charge in [0, 0.05) is 18.8 Å². The first-order valence-electron chi connectivity index (χ1n) is 6.29. The van der Waals surface area contributed by atoms with Crippen LogP contribution in [0.4, 0.5) is 0 Å². The van der Waals surface area contributed by atoms with Gasteiger partial charge in [0.25, 0.3) is 0 Å². The fraction of sp³-hybridized carbons (Fsp3) is 0.133. The lowest BCUT2D eigenvalue weighted by Crippen LogP contribution is -2.12. The molecule has 1 N–H and O–H groups in total. The lowest BCUT2D eigenvalue weighted by atomic mass is 10.2. The van der Waals surface area contributed by atoms with Crippen LogP contribution in [0.25, 0.3) is 11.0 Å². The standard InChI is InChI=1S/C15H13N3O2/c19-15(20)10-18-13-4-2-1-3-12(13)17-14(18)9-11-5-7-16-8-6-11/h1-8H,9-10H2,(H,19,20). The topological polar surface area (TPSA) is 68.0 Å². The van der Waals surface area contributed by atoms with Gasteiger partial charge in [0.15, 0.2) is 0 Å². The van der Waals surface area contributed by atoms with Gasteiger partial charge in [0.2, 0.25) is 0 Å². The molecule has 3 rings (SSSR count). The van der Waals surface area contributed by atoms with E-state index in [1.165, 1.54) is 0 Å².